The Hall–Kier alpha value is -1.45. The molecule has 24 heavy (non-hydrogen) atoms. The first-order valence-electron chi connectivity index (χ1n) is 7.34. The fourth-order valence-corrected chi connectivity index (χ4v) is 5.36. The summed E-state index contributed by atoms with van der Waals surface area (Å²) in [5, 5.41) is 5.35. The number of fused-ring (bicyclic) bond motifs is 1. The van der Waals surface area contributed by atoms with Gasteiger partial charge in [-0.25, -0.2) is 4.98 Å². The maximum Gasteiger partial charge on any atom is 0.281 e. The highest BCUT2D eigenvalue weighted by Gasteiger charge is 2.26. The van der Waals surface area contributed by atoms with Gasteiger partial charge in [-0.15, -0.1) is 0 Å². The normalized spacial score (nSPS) is 12.2. The van der Waals surface area contributed by atoms with Crippen molar-refractivity contribution in [2.24, 2.45) is 0 Å². The third kappa shape index (κ3) is 3.07. The Balaban J connectivity index is 2.09. The maximum absolute atomic E-state index is 12.9. The average Bonchev–Trinajstić information content (AvgIpc) is 2.98. The number of nitrogens with zero attached hydrogens (tertiary/aromatic N) is 3. The molecule has 0 saturated carbocycles. The molecule has 3 rings (SSSR count). The van der Waals surface area contributed by atoms with E-state index in [-0.39, 0.29) is 10.9 Å². The van der Waals surface area contributed by atoms with E-state index in [1.165, 1.54) is 15.9 Å². The van der Waals surface area contributed by atoms with Crippen molar-refractivity contribution in [3.05, 3.63) is 38.9 Å². The summed E-state index contributed by atoms with van der Waals surface area (Å²) in [4.78, 5) is 4.93. The summed E-state index contributed by atoms with van der Waals surface area (Å²) in [5.74, 6) is 0.215. The van der Waals surface area contributed by atoms with Crippen LogP contribution in [0.3, 0.4) is 0 Å². The summed E-state index contributed by atoms with van der Waals surface area (Å²) >= 11 is 4.80. The van der Waals surface area contributed by atoms with Gasteiger partial charge in [-0.1, -0.05) is 31.3 Å². The first kappa shape index (κ1) is 17.4. The van der Waals surface area contributed by atoms with Gasteiger partial charge in [0, 0.05) is 10.4 Å². The van der Waals surface area contributed by atoms with Crippen LogP contribution >= 0.6 is 27.3 Å². The van der Waals surface area contributed by atoms with Gasteiger partial charge in [0.15, 0.2) is 0 Å². The lowest BCUT2D eigenvalue weighted by molar-refractivity contribution is 0.592. The van der Waals surface area contributed by atoms with Crippen molar-refractivity contribution in [3.8, 4) is 0 Å². The Morgan fingerprint density at radius 3 is 2.62 bits per heavy atom. The summed E-state index contributed by atoms with van der Waals surface area (Å²) in [6.45, 7) is 7.65. The van der Waals surface area contributed by atoms with Crippen LogP contribution in [-0.4, -0.2) is 23.0 Å². The van der Waals surface area contributed by atoms with E-state index in [1.807, 2.05) is 32.9 Å². The van der Waals surface area contributed by atoms with Crippen LogP contribution in [0, 0.1) is 13.8 Å². The average molecular weight is 429 g/mol. The second kappa shape index (κ2) is 6.12. The number of imidazole rings is 1. The van der Waals surface area contributed by atoms with Crippen LogP contribution in [0.2, 0.25) is 0 Å². The highest BCUT2D eigenvalue weighted by Crippen LogP contribution is 2.29. The first-order chi connectivity index (χ1) is 11.2. The molecule has 3 aromatic rings. The SMILES string of the molecule is Cc1ccc(NS(=O)(=O)c2c(C)nc3sc(C(C)C)nn23)c(Br)c1. The Labute approximate surface area is 153 Å². The smallest absolute Gasteiger partial charge is 0.277 e. The molecule has 0 unspecified atom stereocenters. The van der Waals surface area contributed by atoms with E-state index in [4.69, 9.17) is 0 Å². The van der Waals surface area contributed by atoms with Gasteiger partial charge in [0.25, 0.3) is 10.0 Å². The largest absolute Gasteiger partial charge is 0.281 e. The van der Waals surface area contributed by atoms with Crippen molar-refractivity contribution in [1.29, 1.82) is 0 Å². The number of halogens is 1. The number of nitrogens with one attached hydrogen (secondary N) is 1. The van der Waals surface area contributed by atoms with Gasteiger partial charge in [-0.3, -0.25) is 4.72 Å². The Morgan fingerprint density at radius 1 is 1.29 bits per heavy atom. The van der Waals surface area contributed by atoms with Crippen molar-refractivity contribution < 1.29 is 8.42 Å². The topological polar surface area (TPSA) is 76.4 Å². The number of rotatable bonds is 4. The highest BCUT2D eigenvalue weighted by molar-refractivity contribution is 9.10. The Bertz CT molecular complexity index is 1020. The number of aromatic nitrogens is 3. The Kier molecular flexibility index (Phi) is 4.43. The fourth-order valence-electron chi connectivity index (χ4n) is 2.28. The second-order valence-corrected chi connectivity index (χ2v) is 9.32. The third-order valence-electron chi connectivity index (χ3n) is 3.46. The van der Waals surface area contributed by atoms with Crippen LogP contribution < -0.4 is 4.72 Å². The van der Waals surface area contributed by atoms with Gasteiger partial charge in [-0.05, 0) is 47.5 Å². The second-order valence-electron chi connectivity index (χ2n) is 5.88. The van der Waals surface area contributed by atoms with E-state index >= 15 is 0 Å². The first-order valence-corrected chi connectivity index (χ1v) is 10.4. The lowest BCUT2D eigenvalue weighted by Gasteiger charge is -2.10. The summed E-state index contributed by atoms with van der Waals surface area (Å²) in [5.41, 5.74) is 1.95. The minimum atomic E-state index is -3.81. The number of anilines is 1. The Morgan fingerprint density at radius 2 is 2.00 bits per heavy atom. The molecule has 2 heterocycles. The van der Waals surface area contributed by atoms with E-state index in [0.29, 0.717) is 20.8 Å². The molecular formula is C15H17BrN4O2S2. The van der Waals surface area contributed by atoms with Gasteiger partial charge in [-0.2, -0.15) is 18.0 Å². The monoisotopic (exact) mass is 428 g/mol. The maximum atomic E-state index is 12.9. The van der Waals surface area contributed by atoms with Crippen LogP contribution in [0.15, 0.2) is 27.7 Å². The van der Waals surface area contributed by atoms with Gasteiger partial charge in [0.2, 0.25) is 9.99 Å². The number of hydrogen-bond acceptors (Lipinski definition) is 5. The molecule has 2 aromatic heterocycles. The van der Waals surface area contributed by atoms with E-state index < -0.39 is 10.0 Å². The van der Waals surface area contributed by atoms with Gasteiger partial charge >= 0.3 is 0 Å². The summed E-state index contributed by atoms with van der Waals surface area (Å²) in [6, 6.07) is 5.43. The molecule has 0 aliphatic rings. The van der Waals surface area contributed by atoms with Crippen LogP contribution in [-0.2, 0) is 10.0 Å². The molecule has 1 N–H and O–H groups in total. The molecule has 0 aliphatic heterocycles. The standard InChI is InChI=1S/C15H17BrN4O2S2/c1-8(2)13-18-20-14(10(4)17-15(20)23-13)24(21,22)19-12-6-5-9(3)7-11(12)16/h5-8,19H,1-4H3. The predicted molar refractivity (Wildman–Crippen MR) is 99.4 cm³/mol. The molecular weight excluding hydrogens is 412 g/mol. The fraction of sp³-hybridized carbons (Fsp3) is 0.333. The molecule has 0 amide bonds. The van der Waals surface area contributed by atoms with E-state index in [1.54, 1.807) is 13.0 Å². The molecule has 0 atom stereocenters. The molecule has 128 valence electrons. The number of benzene rings is 1. The zero-order chi connectivity index (χ0) is 17.6. The highest BCUT2D eigenvalue weighted by atomic mass is 79.9. The van der Waals surface area contributed by atoms with Crippen LogP contribution in [0.5, 0.6) is 0 Å². The van der Waals surface area contributed by atoms with Crippen molar-refractivity contribution in [1.82, 2.24) is 14.6 Å². The predicted octanol–water partition coefficient (Wildman–Crippen LogP) is 4.09. The molecule has 0 spiro atoms. The number of hydrogen-bond donors (Lipinski definition) is 1. The van der Waals surface area contributed by atoms with Crippen LogP contribution in [0.4, 0.5) is 5.69 Å². The lowest BCUT2D eigenvalue weighted by atomic mass is 10.2. The molecule has 0 fully saturated rings. The molecule has 0 radical (unpaired) electrons. The van der Waals surface area contributed by atoms with Gasteiger partial charge in [0.05, 0.1) is 11.4 Å². The van der Waals surface area contributed by atoms with Crippen LogP contribution in [0.25, 0.3) is 4.96 Å². The van der Waals surface area contributed by atoms with E-state index in [2.05, 4.69) is 30.7 Å². The van der Waals surface area contributed by atoms with Crippen molar-refractivity contribution >= 4 is 47.9 Å². The molecule has 0 aliphatic carbocycles. The minimum Gasteiger partial charge on any atom is -0.277 e. The van der Waals surface area contributed by atoms with Gasteiger partial charge < -0.3 is 0 Å². The summed E-state index contributed by atoms with van der Waals surface area (Å²) in [6.07, 6.45) is 0. The molecule has 6 nitrogen and oxygen atoms in total. The van der Waals surface area contributed by atoms with Gasteiger partial charge in [0.1, 0.15) is 5.01 Å². The zero-order valence-electron chi connectivity index (χ0n) is 13.7. The van der Waals surface area contributed by atoms with E-state index in [9.17, 15) is 8.42 Å². The van der Waals surface area contributed by atoms with Crippen LogP contribution in [0.1, 0.15) is 36.0 Å². The number of sulfonamides is 1. The summed E-state index contributed by atoms with van der Waals surface area (Å²) in [7, 11) is -3.81. The van der Waals surface area contributed by atoms with Crippen molar-refractivity contribution in [3.63, 3.8) is 0 Å². The minimum absolute atomic E-state index is 0.0770. The zero-order valence-corrected chi connectivity index (χ0v) is 16.9. The van der Waals surface area contributed by atoms with Crippen molar-refractivity contribution in [2.45, 2.75) is 38.6 Å². The third-order valence-corrected chi connectivity index (χ3v) is 6.79. The summed E-state index contributed by atoms with van der Waals surface area (Å²) < 4.78 is 30.5. The number of aryl methyl sites for hydroxylation is 2. The van der Waals surface area contributed by atoms with Crippen molar-refractivity contribution in [2.75, 3.05) is 4.72 Å². The molecule has 0 bridgehead atoms. The van der Waals surface area contributed by atoms with E-state index in [0.717, 1.165) is 10.6 Å². The molecule has 1 aromatic carbocycles. The molecule has 0 saturated heterocycles. The molecule has 9 heteroatoms. The quantitative estimate of drug-likeness (QED) is 0.678. The lowest BCUT2D eigenvalue weighted by Crippen LogP contribution is -2.17.